The first-order valence-corrected chi connectivity index (χ1v) is 11.8. The fraction of sp³-hybridized carbons (Fsp3) is 0.400. The van der Waals surface area contributed by atoms with Crippen LogP contribution in [0.1, 0.15) is 48.5 Å². The number of imidazole rings is 1. The molecule has 0 saturated carbocycles. The Bertz CT molecular complexity index is 1270. The maximum Gasteiger partial charge on any atom is 0.394 e. The van der Waals surface area contributed by atoms with E-state index in [-0.39, 0.29) is 17.5 Å². The Hall–Kier alpha value is -3.14. The van der Waals surface area contributed by atoms with E-state index in [4.69, 9.17) is 11.6 Å². The third-order valence-electron chi connectivity index (χ3n) is 6.61. The zero-order valence-electron chi connectivity index (χ0n) is 19.6. The van der Waals surface area contributed by atoms with Crippen LogP contribution in [0.5, 0.6) is 0 Å². The molecule has 1 aliphatic rings. The highest BCUT2D eigenvalue weighted by Crippen LogP contribution is 2.40. The van der Waals surface area contributed by atoms with E-state index in [0.29, 0.717) is 29.6 Å². The smallest absolute Gasteiger partial charge is 0.351 e. The van der Waals surface area contributed by atoms with Crippen LogP contribution in [-0.4, -0.2) is 51.4 Å². The van der Waals surface area contributed by atoms with E-state index in [1.165, 1.54) is 6.07 Å². The summed E-state index contributed by atoms with van der Waals surface area (Å²) in [5.41, 5.74) is -0.721. The molecule has 0 spiro atoms. The lowest BCUT2D eigenvalue weighted by Gasteiger charge is -2.40. The number of aromatic nitrogens is 2. The monoisotopic (exact) mass is 524 g/mol. The molecule has 2 amide bonds. The van der Waals surface area contributed by atoms with Gasteiger partial charge in [-0.25, -0.2) is 9.37 Å². The number of benzene rings is 1. The summed E-state index contributed by atoms with van der Waals surface area (Å²) < 4.78 is 55.9. The molecule has 11 heteroatoms. The number of fused-ring (bicyclic) bond motifs is 1. The van der Waals surface area contributed by atoms with E-state index < -0.39 is 41.7 Å². The van der Waals surface area contributed by atoms with Gasteiger partial charge in [-0.1, -0.05) is 25.4 Å². The summed E-state index contributed by atoms with van der Waals surface area (Å²) in [6.07, 6.45) is -0.123. The molecule has 1 aromatic carbocycles. The number of alkyl halides is 3. The van der Waals surface area contributed by atoms with Gasteiger partial charge < -0.3 is 14.6 Å². The first-order valence-electron chi connectivity index (χ1n) is 11.4. The van der Waals surface area contributed by atoms with Crippen molar-refractivity contribution in [3.63, 3.8) is 0 Å². The molecule has 1 N–H and O–H groups in total. The number of pyridine rings is 1. The normalized spacial score (nSPS) is 18.9. The summed E-state index contributed by atoms with van der Waals surface area (Å²) in [6, 6.07) is 6.63. The van der Waals surface area contributed by atoms with Crippen LogP contribution in [-0.2, 0) is 4.79 Å². The molecule has 2 atom stereocenters. The maximum absolute atomic E-state index is 14.1. The van der Waals surface area contributed by atoms with Gasteiger partial charge in [0.15, 0.2) is 0 Å². The van der Waals surface area contributed by atoms with Gasteiger partial charge in [0.2, 0.25) is 5.91 Å². The molecule has 36 heavy (non-hydrogen) atoms. The second kappa shape index (κ2) is 9.72. The maximum atomic E-state index is 14.1. The van der Waals surface area contributed by atoms with E-state index in [1.54, 1.807) is 46.2 Å². The molecule has 1 aliphatic heterocycles. The van der Waals surface area contributed by atoms with Gasteiger partial charge in [0.1, 0.15) is 5.82 Å². The lowest BCUT2D eigenvalue weighted by Crippen LogP contribution is -2.54. The average Bonchev–Trinajstić information content (AvgIpc) is 3.25. The Morgan fingerprint density at radius 3 is 2.67 bits per heavy atom. The lowest BCUT2D eigenvalue weighted by molar-refractivity contribution is -0.214. The van der Waals surface area contributed by atoms with Crippen LogP contribution in [0, 0.1) is 11.2 Å². The molecule has 3 aromatic rings. The largest absolute Gasteiger partial charge is 0.394 e. The summed E-state index contributed by atoms with van der Waals surface area (Å²) in [5.74, 6) is -2.12. The second-order valence-corrected chi connectivity index (χ2v) is 10.1. The third kappa shape index (κ3) is 5.33. The van der Waals surface area contributed by atoms with E-state index in [9.17, 15) is 27.2 Å². The molecule has 0 bridgehead atoms. The van der Waals surface area contributed by atoms with Crippen molar-refractivity contribution in [3.05, 3.63) is 71.0 Å². The SMILES string of the molecule is CC(C)(CC(=O)N[C@@H]1CN(C(=O)c2cccn3cncc23)CC[C@H]1c1cc(F)cc(Cl)c1)C(F)(F)F. The standard InChI is InChI=1S/C25H25ClF4N4O2/c1-24(2,25(28,29)30)11-22(35)32-20-13-33(7-5-18(20)15-8-16(26)10-17(27)9-15)23(36)19-4-3-6-34-14-31-12-21(19)34/h3-4,6,8-10,12,14,18,20H,5,7,11,13H2,1-2H3,(H,32,35)/t18-,20+/m0/s1. The van der Waals surface area contributed by atoms with Crippen molar-refractivity contribution >= 4 is 28.9 Å². The van der Waals surface area contributed by atoms with E-state index >= 15 is 0 Å². The van der Waals surface area contributed by atoms with Crippen LogP contribution in [0.25, 0.3) is 5.52 Å². The molecular weight excluding hydrogens is 500 g/mol. The fourth-order valence-corrected chi connectivity index (χ4v) is 4.76. The summed E-state index contributed by atoms with van der Waals surface area (Å²) >= 11 is 6.04. The summed E-state index contributed by atoms with van der Waals surface area (Å²) in [4.78, 5) is 31.7. The quantitative estimate of drug-likeness (QED) is 0.465. The summed E-state index contributed by atoms with van der Waals surface area (Å²) in [6.45, 7) is 2.25. The summed E-state index contributed by atoms with van der Waals surface area (Å²) in [7, 11) is 0. The molecule has 0 aliphatic carbocycles. The number of nitrogens with one attached hydrogen (secondary N) is 1. The molecule has 0 radical (unpaired) electrons. The minimum Gasteiger partial charge on any atom is -0.351 e. The lowest BCUT2D eigenvalue weighted by atomic mass is 9.84. The Kier molecular flexibility index (Phi) is 7.01. The van der Waals surface area contributed by atoms with Crippen LogP contribution in [0.2, 0.25) is 5.02 Å². The van der Waals surface area contributed by atoms with Gasteiger partial charge in [-0.3, -0.25) is 9.59 Å². The number of carbonyl (C=O) groups excluding carboxylic acids is 2. The number of piperidine rings is 1. The molecule has 2 aromatic heterocycles. The van der Waals surface area contributed by atoms with Gasteiger partial charge >= 0.3 is 6.18 Å². The Morgan fingerprint density at radius 1 is 1.22 bits per heavy atom. The molecule has 4 rings (SSSR count). The molecule has 6 nitrogen and oxygen atoms in total. The van der Waals surface area contributed by atoms with Gasteiger partial charge in [-0.05, 0) is 42.3 Å². The van der Waals surface area contributed by atoms with Crippen molar-refractivity contribution in [3.8, 4) is 0 Å². The number of hydrogen-bond acceptors (Lipinski definition) is 3. The predicted molar refractivity (Wildman–Crippen MR) is 126 cm³/mol. The zero-order valence-corrected chi connectivity index (χ0v) is 20.4. The highest BCUT2D eigenvalue weighted by atomic mass is 35.5. The highest BCUT2D eigenvalue weighted by molar-refractivity contribution is 6.30. The summed E-state index contributed by atoms with van der Waals surface area (Å²) in [5, 5.41) is 2.85. The number of hydrogen-bond donors (Lipinski definition) is 1. The number of rotatable bonds is 5. The molecule has 0 unspecified atom stereocenters. The van der Waals surface area contributed by atoms with Crippen molar-refractivity contribution in [2.24, 2.45) is 5.41 Å². The van der Waals surface area contributed by atoms with E-state index in [2.05, 4.69) is 10.3 Å². The number of halogens is 5. The minimum absolute atomic E-state index is 0.0327. The van der Waals surface area contributed by atoms with Crippen molar-refractivity contribution in [1.82, 2.24) is 19.6 Å². The van der Waals surface area contributed by atoms with Crippen molar-refractivity contribution < 1.29 is 27.2 Å². The van der Waals surface area contributed by atoms with E-state index in [0.717, 1.165) is 19.9 Å². The van der Waals surface area contributed by atoms with Crippen LogP contribution in [0.3, 0.4) is 0 Å². The molecule has 1 fully saturated rings. The van der Waals surface area contributed by atoms with Crippen molar-refractivity contribution in [2.75, 3.05) is 13.1 Å². The number of likely N-dealkylation sites (tertiary alicyclic amines) is 1. The Balaban J connectivity index is 1.61. The number of amides is 2. The van der Waals surface area contributed by atoms with Crippen LogP contribution in [0.4, 0.5) is 17.6 Å². The highest BCUT2D eigenvalue weighted by Gasteiger charge is 2.48. The molecule has 1 saturated heterocycles. The van der Waals surface area contributed by atoms with Gasteiger partial charge in [-0.15, -0.1) is 0 Å². The zero-order chi connectivity index (χ0) is 26.3. The molecule has 3 heterocycles. The third-order valence-corrected chi connectivity index (χ3v) is 6.83. The first-order chi connectivity index (χ1) is 16.9. The molecular formula is C25H25ClF4N4O2. The van der Waals surface area contributed by atoms with Crippen LogP contribution >= 0.6 is 11.6 Å². The van der Waals surface area contributed by atoms with Crippen molar-refractivity contribution in [2.45, 2.75) is 44.8 Å². The van der Waals surface area contributed by atoms with Crippen LogP contribution < -0.4 is 5.32 Å². The minimum atomic E-state index is -4.57. The fourth-order valence-electron chi connectivity index (χ4n) is 4.53. The molecule has 192 valence electrons. The topological polar surface area (TPSA) is 66.7 Å². The average molecular weight is 525 g/mol. The van der Waals surface area contributed by atoms with E-state index in [1.807, 2.05) is 0 Å². The number of carbonyl (C=O) groups is 2. The Labute approximate surface area is 210 Å². The van der Waals surface area contributed by atoms with Crippen LogP contribution in [0.15, 0.2) is 49.1 Å². The second-order valence-electron chi connectivity index (χ2n) is 9.69. The van der Waals surface area contributed by atoms with Crippen molar-refractivity contribution in [1.29, 1.82) is 0 Å². The van der Waals surface area contributed by atoms with Gasteiger partial charge in [0.05, 0.1) is 35.1 Å². The first kappa shape index (κ1) is 25.9. The Morgan fingerprint density at radius 2 is 1.97 bits per heavy atom. The van der Waals surface area contributed by atoms with Gasteiger partial charge in [0, 0.05) is 36.6 Å². The number of nitrogens with zero attached hydrogens (tertiary/aromatic N) is 3. The van der Waals surface area contributed by atoms with Gasteiger partial charge in [-0.2, -0.15) is 13.2 Å². The predicted octanol–water partition coefficient (Wildman–Crippen LogP) is 5.22. The van der Waals surface area contributed by atoms with Gasteiger partial charge in [0.25, 0.3) is 5.91 Å².